The molecule has 0 unspecified atom stereocenters. The summed E-state index contributed by atoms with van der Waals surface area (Å²) in [6, 6.07) is 13.2. The lowest BCUT2D eigenvalue weighted by Crippen LogP contribution is -2.23. The van der Waals surface area contributed by atoms with Crippen LogP contribution in [0, 0.1) is 5.82 Å². The highest BCUT2D eigenvalue weighted by Gasteiger charge is 2.21. The van der Waals surface area contributed by atoms with Gasteiger partial charge in [0.1, 0.15) is 18.2 Å². The number of nitrogens with zero attached hydrogens (tertiary/aromatic N) is 2. The van der Waals surface area contributed by atoms with E-state index in [-0.39, 0.29) is 24.9 Å². The smallest absolute Gasteiger partial charge is 0.344 e. The van der Waals surface area contributed by atoms with Crippen LogP contribution >= 0.6 is 0 Å². The van der Waals surface area contributed by atoms with Crippen molar-refractivity contribution in [2.45, 2.75) is 19.4 Å². The Bertz CT molecular complexity index is 1050. The highest BCUT2D eigenvalue weighted by Crippen LogP contribution is 2.24. The van der Waals surface area contributed by atoms with Crippen molar-refractivity contribution in [3.8, 4) is 5.75 Å². The molecule has 0 N–H and O–H groups in total. The second-order valence-corrected chi connectivity index (χ2v) is 6.70. The Labute approximate surface area is 166 Å². The van der Waals surface area contributed by atoms with Crippen molar-refractivity contribution in [2.24, 2.45) is 0 Å². The van der Waals surface area contributed by atoms with Gasteiger partial charge in [-0.05, 0) is 48.9 Å². The molecule has 7 heteroatoms. The number of anilines is 1. The van der Waals surface area contributed by atoms with Gasteiger partial charge >= 0.3 is 5.97 Å². The summed E-state index contributed by atoms with van der Waals surface area (Å²) in [5.41, 5.74) is 1.90. The fourth-order valence-corrected chi connectivity index (χ4v) is 3.30. The first-order valence-electron chi connectivity index (χ1n) is 9.33. The summed E-state index contributed by atoms with van der Waals surface area (Å²) in [6.07, 6.45) is 3.00. The van der Waals surface area contributed by atoms with E-state index in [2.05, 4.69) is 4.98 Å². The Hall–Kier alpha value is -3.48. The lowest BCUT2D eigenvalue weighted by molar-refractivity contribution is -0.147. The predicted octanol–water partition coefficient (Wildman–Crippen LogP) is 3.62. The van der Waals surface area contributed by atoms with E-state index < -0.39 is 5.97 Å². The molecule has 0 bridgehead atoms. The van der Waals surface area contributed by atoms with Crippen LogP contribution in [0.4, 0.5) is 10.1 Å². The van der Waals surface area contributed by atoms with E-state index in [9.17, 15) is 14.0 Å². The van der Waals surface area contributed by atoms with Gasteiger partial charge in [-0.25, -0.2) is 9.18 Å². The first-order chi connectivity index (χ1) is 14.1. The average Bonchev–Trinajstić information content (AvgIpc) is 3.18. The summed E-state index contributed by atoms with van der Waals surface area (Å²) >= 11 is 0. The van der Waals surface area contributed by atoms with Crippen molar-refractivity contribution in [3.05, 3.63) is 66.1 Å². The van der Waals surface area contributed by atoms with E-state index in [1.807, 2.05) is 0 Å². The molecule has 0 radical (unpaired) electrons. The van der Waals surface area contributed by atoms with Crippen molar-refractivity contribution in [1.29, 1.82) is 0 Å². The van der Waals surface area contributed by atoms with Crippen LogP contribution in [0.2, 0.25) is 0 Å². The zero-order chi connectivity index (χ0) is 20.2. The minimum Gasteiger partial charge on any atom is -0.482 e. The molecule has 1 saturated heterocycles. The van der Waals surface area contributed by atoms with Gasteiger partial charge in [0.25, 0.3) is 0 Å². The summed E-state index contributed by atoms with van der Waals surface area (Å²) in [4.78, 5) is 29.7. The van der Waals surface area contributed by atoms with E-state index in [1.165, 1.54) is 6.07 Å². The zero-order valence-electron chi connectivity index (χ0n) is 15.6. The van der Waals surface area contributed by atoms with Crippen LogP contribution in [0.25, 0.3) is 10.9 Å². The number of carbonyl (C=O) groups excluding carboxylic acids is 2. The minimum atomic E-state index is -0.544. The lowest BCUT2D eigenvalue weighted by atomic mass is 10.1. The lowest BCUT2D eigenvalue weighted by Gasteiger charge is -2.16. The fourth-order valence-electron chi connectivity index (χ4n) is 3.30. The number of carbonyl (C=O) groups is 2. The maximum atomic E-state index is 13.8. The van der Waals surface area contributed by atoms with Crippen molar-refractivity contribution in [2.75, 3.05) is 18.1 Å². The van der Waals surface area contributed by atoms with E-state index >= 15 is 0 Å². The largest absolute Gasteiger partial charge is 0.482 e. The second-order valence-electron chi connectivity index (χ2n) is 6.70. The summed E-state index contributed by atoms with van der Waals surface area (Å²) in [5, 5.41) is 0.383. The molecule has 1 amide bonds. The topological polar surface area (TPSA) is 68.7 Å². The van der Waals surface area contributed by atoms with Gasteiger partial charge < -0.3 is 14.4 Å². The van der Waals surface area contributed by atoms with Crippen LogP contribution < -0.4 is 9.64 Å². The molecule has 0 saturated carbocycles. The maximum Gasteiger partial charge on any atom is 0.344 e. The van der Waals surface area contributed by atoms with Crippen molar-refractivity contribution in [3.63, 3.8) is 0 Å². The molecule has 2 heterocycles. The summed E-state index contributed by atoms with van der Waals surface area (Å²) in [5.74, 6) is -0.293. The average molecular weight is 394 g/mol. The monoisotopic (exact) mass is 394 g/mol. The molecule has 148 valence electrons. The number of esters is 1. The first-order valence-corrected chi connectivity index (χ1v) is 9.33. The fraction of sp³-hybridized carbons (Fsp3) is 0.227. The molecular formula is C22H19FN2O4. The molecule has 3 aromatic rings. The number of halogens is 1. The standard InChI is InChI=1S/C22H19FN2O4/c23-19-10-5-15(22-18(19)3-1-11-24-22)13-29-21(27)14-28-17-8-6-16(7-9-17)25-12-2-4-20(25)26/h1,3,5-11H,2,4,12-14H2. The molecule has 1 fully saturated rings. The van der Waals surface area contributed by atoms with Crippen LogP contribution in [-0.2, 0) is 20.9 Å². The van der Waals surface area contributed by atoms with E-state index in [1.54, 1.807) is 53.6 Å². The number of amides is 1. The van der Waals surface area contributed by atoms with Crippen LogP contribution in [0.5, 0.6) is 5.75 Å². The zero-order valence-corrected chi connectivity index (χ0v) is 15.6. The molecule has 29 heavy (non-hydrogen) atoms. The van der Waals surface area contributed by atoms with Crippen LogP contribution in [0.1, 0.15) is 18.4 Å². The number of hydrogen-bond acceptors (Lipinski definition) is 5. The molecular weight excluding hydrogens is 375 g/mol. The van der Waals surface area contributed by atoms with Gasteiger partial charge in [0, 0.05) is 35.8 Å². The Morgan fingerprint density at radius 3 is 2.72 bits per heavy atom. The SMILES string of the molecule is O=C(COc1ccc(N2CCCC2=O)cc1)OCc1ccc(F)c2cccnc12. The third-order valence-corrected chi connectivity index (χ3v) is 4.77. The number of benzene rings is 2. The summed E-state index contributed by atoms with van der Waals surface area (Å²) in [6.45, 7) is 0.443. The molecule has 0 atom stereocenters. The van der Waals surface area contributed by atoms with Gasteiger partial charge in [-0.3, -0.25) is 9.78 Å². The van der Waals surface area contributed by atoms with Crippen LogP contribution in [0.3, 0.4) is 0 Å². The van der Waals surface area contributed by atoms with E-state index in [4.69, 9.17) is 9.47 Å². The Kier molecular flexibility index (Phi) is 5.37. The summed E-state index contributed by atoms with van der Waals surface area (Å²) in [7, 11) is 0. The quantitative estimate of drug-likeness (QED) is 0.598. The van der Waals surface area contributed by atoms with Gasteiger partial charge in [0.2, 0.25) is 5.91 Å². The molecule has 6 nitrogen and oxygen atoms in total. The minimum absolute atomic E-state index is 0.0218. The molecule has 1 aromatic heterocycles. The molecule has 0 aliphatic carbocycles. The van der Waals surface area contributed by atoms with Gasteiger partial charge in [0.05, 0.1) is 5.52 Å². The third kappa shape index (κ3) is 4.18. The number of ether oxygens (including phenoxy) is 2. The van der Waals surface area contributed by atoms with E-state index in [0.29, 0.717) is 28.6 Å². The number of fused-ring (bicyclic) bond motifs is 1. The number of rotatable bonds is 6. The second kappa shape index (κ2) is 8.26. The molecule has 2 aromatic carbocycles. The normalized spacial score (nSPS) is 13.7. The van der Waals surface area contributed by atoms with Crippen molar-refractivity contribution >= 4 is 28.5 Å². The highest BCUT2D eigenvalue weighted by molar-refractivity contribution is 5.95. The number of aromatic nitrogens is 1. The number of hydrogen-bond donors (Lipinski definition) is 0. The van der Waals surface area contributed by atoms with Crippen LogP contribution in [-0.4, -0.2) is 30.0 Å². The predicted molar refractivity (Wildman–Crippen MR) is 105 cm³/mol. The molecule has 0 spiro atoms. The Morgan fingerprint density at radius 1 is 1.14 bits per heavy atom. The van der Waals surface area contributed by atoms with Crippen LogP contribution in [0.15, 0.2) is 54.7 Å². The first kappa shape index (κ1) is 18.9. The van der Waals surface area contributed by atoms with Crippen molar-refractivity contribution in [1.82, 2.24) is 4.98 Å². The van der Waals surface area contributed by atoms with Gasteiger partial charge in [-0.15, -0.1) is 0 Å². The molecule has 1 aliphatic heterocycles. The van der Waals surface area contributed by atoms with E-state index in [0.717, 1.165) is 18.7 Å². The number of pyridine rings is 1. The third-order valence-electron chi connectivity index (χ3n) is 4.77. The molecule has 1 aliphatic rings. The highest BCUT2D eigenvalue weighted by atomic mass is 19.1. The maximum absolute atomic E-state index is 13.8. The van der Waals surface area contributed by atoms with Gasteiger partial charge in [0.15, 0.2) is 6.61 Å². The van der Waals surface area contributed by atoms with Crippen molar-refractivity contribution < 1.29 is 23.5 Å². The molecule has 4 rings (SSSR count). The Balaban J connectivity index is 1.32. The Morgan fingerprint density at radius 2 is 1.97 bits per heavy atom. The summed E-state index contributed by atoms with van der Waals surface area (Å²) < 4.78 is 24.5. The van der Waals surface area contributed by atoms with Gasteiger partial charge in [-0.2, -0.15) is 0 Å². The van der Waals surface area contributed by atoms with Gasteiger partial charge in [-0.1, -0.05) is 6.07 Å².